The Morgan fingerprint density at radius 3 is 3.05 bits per heavy atom. The van der Waals surface area contributed by atoms with E-state index in [1.165, 1.54) is 11.1 Å². The van der Waals surface area contributed by atoms with Gasteiger partial charge in [0.2, 0.25) is 5.91 Å². The van der Waals surface area contributed by atoms with Gasteiger partial charge >= 0.3 is 0 Å². The van der Waals surface area contributed by atoms with E-state index in [-0.39, 0.29) is 18.0 Å². The molecule has 1 aromatic rings. The molecule has 0 saturated carbocycles. The third kappa shape index (κ3) is 3.26. The van der Waals surface area contributed by atoms with E-state index in [9.17, 15) is 9.90 Å². The lowest BCUT2D eigenvalue weighted by molar-refractivity contribution is -0.122. The van der Waals surface area contributed by atoms with Crippen molar-refractivity contribution in [3.05, 3.63) is 29.3 Å². The smallest absolute Gasteiger partial charge is 0.236 e. The van der Waals surface area contributed by atoms with Crippen molar-refractivity contribution in [2.24, 2.45) is 0 Å². The molecule has 0 heterocycles. The van der Waals surface area contributed by atoms with Crippen LogP contribution in [-0.2, 0) is 11.2 Å². The Morgan fingerprint density at radius 2 is 2.32 bits per heavy atom. The molecule has 4 nitrogen and oxygen atoms in total. The van der Waals surface area contributed by atoms with Crippen LogP contribution in [0.2, 0.25) is 0 Å². The van der Waals surface area contributed by atoms with Crippen LogP contribution in [0.1, 0.15) is 43.9 Å². The van der Waals surface area contributed by atoms with Crippen LogP contribution in [0.5, 0.6) is 5.75 Å². The number of fused-ring (bicyclic) bond motifs is 1. The lowest BCUT2D eigenvalue weighted by Gasteiger charge is -2.20. The fourth-order valence-corrected chi connectivity index (χ4v) is 2.56. The van der Waals surface area contributed by atoms with Crippen molar-refractivity contribution < 1.29 is 9.90 Å². The summed E-state index contributed by atoms with van der Waals surface area (Å²) in [6.45, 7) is 4.65. The predicted octanol–water partition coefficient (Wildman–Crippen LogP) is 1.88. The van der Waals surface area contributed by atoms with Crippen LogP contribution in [-0.4, -0.2) is 23.6 Å². The van der Waals surface area contributed by atoms with Crippen LogP contribution in [0.25, 0.3) is 0 Å². The first-order chi connectivity index (χ1) is 9.11. The van der Waals surface area contributed by atoms with Gasteiger partial charge in [0.05, 0.1) is 6.04 Å². The number of phenols is 1. The highest BCUT2D eigenvalue weighted by atomic mass is 16.3. The van der Waals surface area contributed by atoms with E-state index >= 15 is 0 Å². The molecule has 0 aromatic heterocycles. The van der Waals surface area contributed by atoms with Gasteiger partial charge in [0.15, 0.2) is 0 Å². The molecule has 3 N–H and O–H groups in total. The maximum absolute atomic E-state index is 11.8. The van der Waals surface area contributed by atoms with Crippen molar-refractivity contribution >= 4 is 5.91 Å². The molecule has 0 spiro atoms. The highest BCUT2D eigenvalue weighted by Gasteiger charge is 2.25. The van der Waals surface area contributed by atoms with Crippen LogP contribution in [0.3, 0.4) is 0 Å². The van der Waals surface area contributed by atoms with Gasteiger partial charge in [-0.25, -0.2) is 0 Å². The van der Waals surface area contributed by atoms with Gasteiger partial charge in [0.25, 0.3) is 0 Å². The fourth-order valence-electron chi connectivity index (χ4n) is 2.56. The van der Waals surface area contributed by atoms with Gasteiger partial charge in [-0.05, 0) is 49.4 Å². The number of carbonyl (C=O) groups is 1. The monoisotopic (exact) mass is 262 g/mol. The second kappa shape index (κ2) is 6.06. The van der Waals surface area contributed by atoms with Gasteiger partial charge < -0.3 is 10.4 Å². The summed E-state index contributed by atoms with van der Waals surface area (Å²) in [6.07, 6.45) is 2.87. The standard InChI is InChI=1S/C15H22N2O2/c1-3-8-16-15(19)10(2)17-14-7-4-11-9-12(18)5-6-13(11)14/h5-6,9-10,14,17-18H,3-4,7-8H2,1-2H3,(H,16,19). The molecule has 0 aliphatic heterocycles. The summed E-state index contributed by atoms with van der Waals surface area (Å²) in [5, 5.41) is 15.7. The van der Waals surface area contributed by atoms with E-state index in [1.807, 2.05) is 26.0 Å². The van der Waals surface area contributed by atoms with Gasteiger partial charge in [-0.1, -0.05) is 13.0 Å². The Hall–Kier alpha value is -1.55. The largest absolute Gasteiger partial charge is 0.508 e. The second-order valence-corrected chi connectivity index (χ2v) is 5.15. The van der Waals surface area contributed by atoms with Gasteiger partial charge in [-0.15, -0.1) is 0 Å². The van der Waals surface area contributed by atoms with Crippen molar-refractivity contribution in [1.29, 1.82) is 0 Å². The zero-order valence-corrected chi connectivity index (χ0v) is 11.6. The Kier molecular flexibility index (Phi) is 4.43. The molecule has 1 aliphatic rings. The molecule has 19 heavy (non-hydrogen) atoms. The van der Waals surface area contributed by atoms with E-state index in [2.05, 4.69) is 10.6 Å². The molecule has 1 aromatic carbocycles. The van der Waals surface area contributed by atoms with Crippen molar-refractivity contribution in [2.45, 2.75) is 45.2 Å². The first-order valence-corrected chi connectivity index (χ1v) is 6.97. The molecule has 0 fully saturated rings. The lowest BCUT2D eigenvalue weighted by atomic mass is 10.1. The fraction of sp³-hybridized carbons (Fsp3) is 0.533. The number of hydrogen-bond acceptors (Lipinski definition) is 3. The first kappa shape index (κ1) is 13.9. The minimum atomic E-state index is -0.198. The number of amides is 1. The summed E-state index contributed by atoms with van der Waals surface area (Å²) in [4.78, 5) is 11.8. The number of hydrogen-bond donors (Lipinski definition) is 3. The van der Waals surface area contributed by atoms with Crippen molar-refractivity contribution in [1.82, 2.24) is 10.6 Å². The molecule has 0 bridgehead atoms. The molecule has 104 valence electrons. The van der Waals surface area contributed by atoms with Gasteiger partial charge in [-0.2, -0.15) is 0 Å². The SMILES string of the molecule is CCCNC(=O)C(C)NC1CCc2cc(O)ccc21. The molecule has 2 rings (SSSR count). The molecule has 2 atom stereocenters. The summed E-state index contributed by atoms with van der Waals surface area (Å²) >= 11 is 0. The molecule has 1 amide bonds. The molecular formula is C15H22N2O2. The van der Waals surface area contributed by atoms with Crippen LogP contribution < -0.4 is 10.6 Å². The van der Waals surface area contributed by atoms with Gasteiger partial charge in [-0.3, -0.25) is 10.1 Å². The maximum Gasteiger partial charge on any atom is 0.236 e. The topological polar surface area (TPSA) is 61.4 Å². The van der Waals surface area contributed by atoms with E-state index in [0.29, 0.717) is 5.75 Å². The summed E-state index contributed by atoms with van der Waals surface area (Å²) in [5.74, 6) is 0.363. The van der Waals surface area contributed by atoms with Crippen LogP contribution >= 0.6 is 0 Å². The van der Waals surface area contributed by atoms with Gasteiger partial charge in [0, 0.05) is 12.6 Å². The quantitative estimate of drug-likeness (QED) is 0.759. The van der Waals surface area contributed by atoms with Crippen molar-refractivity contribution in [3.63, 3.8) is 0 Å². The zero-order valence-electron chi connectivity index (χ0n) is 11.6. The van der Waals surface area contributed by atoms with E-state index in [0.717, 1.165) is 25.8 Å². The third-order valence-corrected chi connectivity index (χ3v) is 3.60. The first-order valence-electron chi connectivity index (χ1n) is 6.97. The predicted molar refractivity (Wildman–Crippen MR) is 75.1 cm³/mol. The van der Waals surface area contributed by atoms with Crippen LogP contribution in [0.4, 0.5) is 0 Å². The van der Waals surface area contributed by atoms with E-state index in [1.54, 1.807) is 6.07 Å². The number of aromatic hydroxyl groups is 1. The highest BCUT2D eigenvalue weighted by Crippen LogP contribution is 2.33. The second-order valence-electron chi connectivity index (χ2n) is 5.15. The molecule has 4 heteroatoms. The normalized spacial score (nSPS) is 18.9. The van der Waals surface area contributed by atoms with Crippen molar-refractivity contribution in [2.75, 3.05) is 6.54 Å². The Labute approximate surface area is 114 Å². The Balaban J connectivity index is 1.97. The summed E-state index contributed by atoms with van der Waals surface area (Å²) < 4.78 is 0. The van der Waals surface area contributed by atoms with Gasteiger partial charge in [0.1, 0.15) is 5.75 Å². The summed E-state index contributed by atoms with van der Waals surface area (Å²) in [7, 11) is 0. The summed E-state index contributed by atoms with van der Waals surface area (Å²) in [6, 6.07) is 5.49. The lowest BCUT2D eigenvalue weighted by Crippen LogP contribution is -2.43. The van der Waals surface area contributed by atoms with Crippen LogP contribution in [0, 0.1) is 0 Å². The molecule has 1 aliphatic carbocycles. The number of aryl methyl sites for hydroxylation is 1. The molecule has 2 unspecified atom stereocenters. The van der Waals surface area contributed by atoms with Crippen LogP contribution in [0.15, 0.2) is 18.2 Å². The number of rotatable bonds is 5. The average molecular weight is 262 g/mol. The number of nitrogens with one attached hydrogen (secondary N) is 2. The number of carbonyl (C=O) groups excluding carboxylic acids is 1. The zero-order chi connectivity index (χ0) is 13.8. The van der Waals surface area contributed by atoms with E-state index in [4.69, 9.17) is 0 Å². The minimum absolute atomic E-state index is 0.0501. The molecule has 0 saturated heterocycles. The third-order valence-electron chi connectivity index (χ3n) is 3.60. The average Bonchev–Trinajstić information content (AvgIpc) is 2.78. The number of benzene rings is 1. The maximum atomic E-state index is 11.8. The van der Waals surface area contributed by atoms with E-state index < -0.39 is 0 Å². The minimum Gasteiger partial charge on any atom is -0.508 e. The molecular weight excluding hydrogens is 240 g/mol. The Bertz CT molecular complexity index is 459. The highest BCUT2D eigenvalue weighted by molar-refractivity contribution is 5.81. The number of phenolic OH excluding ortho intramolecular Hbond substituents is 1. The Morgan fingerprint density at radius 1 is 1.53 bits per heavy atom. The molecule has 0 radical (unpaired) electrons. The van der Waals surface area contributed by atoms with Crippen molar-refractivity contribution in [3.8, 4) is 5.75 Å². The summed E-state index contributed by atoms with van der Waals surface area (Å²) in [5.41, 5.74) is 2.38.